The minimum atomic E-state index is -0.888. The van der Waals surface area contributed by atoms with E-state index in [1.165, 1.54) is 49.2 Å². The van der Waals surface area contributed by atoms with E-state index in [1.54, 1.807) is 0 Å². The molecular formula is C43H29DyF12N6O. The van der Waals surface area contributed by atoms with E-state index in [0.717, 1.165) is 86.0 Å². The van der Waals surface area contributed by atoms with E-state index in [0.29, 0.717) is 19.0 Å². The summed E-state index contributed by atoms with van der Waals surface area (Å²) in [6, 6.07) is 19.2. The molecule has 0 aromatic heterocycles. The molecule has 1 saturated heterocycles. The summed E-state index contributed by atoms with van der Waals surface area (Å²) in [6.07, 6.45) is 4.65. The van der Waals surface area contributed by atoms with Crippen LogP contribution in [0.5, 0.6) is 0 Å². The first-order chi connectivity index (χ1) is 29.8. The fraction of sp³-hybridized carbons (Fsp3) is 0.0930. The van der Waals surface area contributed by atoms with Crippen LogP contribution in [0.4, 0.5) is 86.8 Å². The van der Waals surface area contributed by atoms with Gasteiger partial charge in [0.1, 0.15) is 69.8 Å². The normalized spacial score (nSPS) is 11.8. The Morgan fingerprint density at radius 3 is 0.698 bits per heavy atom. The Morgan fingerprint density at radius 1 is 0.333 bits per heavy atom. The van der Waals surface area contributed by atoms with Gasteiger partial charge in [-0.15, -0.1) is 0 Å². The monoisotopic (exact) mass is 1040 g/mol. The minimum Gasteiger partial charge on any atom is -0.438 e. The van der Waals surface area contributed by atoms with E-state index in [9.17, 15) is 52.7 Å². The molecule has 331 valence electrons. The van der Waals surface area contributed by atoms with Crippen molar-refractivity contribution >= 4 is 53.1 Å². The number of rotatable bonds is 9. The molecule has 0 amide bonds. The molecule has 6 aromatic carbocycles. The fourth-order valence-corrected chi connectivity index (χ4v) is 4.62. The third-order valence-corrected chi connectivity index (χ3v) is 7.57. The van der Waals surface area contributed by atoms with Gasteiger partial charge in [-0.3, -0.25) is 0 Å². The van der Waals surface area contributed by atoms with E-state index in [1.807, 2.05) is 0 Å². The third-order valence-electron chi connectivity index (χ3n) is 7.57. The van der Waals surface area contributed by atoms with E-state index in [2.05, 4.69) is 30.9 Å². The number of halogens is 12. The maximum Gasteiger partial charge on any atom is 3.00 e. The fourth-order valence-electron chi connectivity index (χ4n) is 4.62. The number of hydrogen-bond acceptors (Lipinski definition) is 4. The van der Waals surface area contributed by atoms with Crippen molar-refractivity contribution in [1.29, 1.82) is 0 Å². The van der Waals surface area contributed by atoms with Crippen molar-refractivity contribution in [3.05, 3.63) is 195 Å². The Labute approximate surface area is 382 Å². The third kappa shape index (κ3) is 16.1. The maximum atomic E-state index is 13.2. The Kier molecular flexibility index (Phi) is 21.7. The van der Waals surface area contributed by atoms with Crippen LogP contribution < -0.4 is 0 Å². The van der Waals surface area contributed by atoms with Crippen molar-refractivity contribution in [3.63, 3.8) is 0 Å². The summed E-state index contributed by atoms with van der Waals surface area (Å²) in [5, 5.41) is 10.2. The quantitative estimate of drug-likeness (QED) is 0.0806. The molecule has 0 saturated carbocycles. The van der Waals surface area contributed by atoms with E-state index >= 15 is 0 Å². The van der Waals surface area contributed by atoms with Crippen molar-refractivity contribution in [2.24, 2.45) is 15.0 Å². The summed E-state index contributed by atoms with van der Waals surface area (Å²) in [7, 11) is 0. The van der Waals surface area contributed by atoms with Crippen molar-refractivity contribution < 1.29 is 95.6 Å². The molecule has 1 fully saturated rings. The van der Waals surface area contributed by atoms with Crippen LogP contribution in [-0.4, -0.2) is 32.2 Å². The zero-order chi connectivity index (χ0) is 45.0. The summed E-state index contributed by atoms with van der Waals surface area (Å²) in [5.74, 6) is -10.7. The first kappa shape index (κ1) is 51.5. The molecular weight excluding hydrogens is 1010 g/mol. The van der Waals surface area contributed by atoms with E-state index < -0.39 is 104 Å². The number of benzene rings is 6. The van der Waals surface area contributed by atoms with Crippen LogP contribution in [0.3, 0.4) is 0 Å². The smallest absolute Gasteiger partial charge is 0.438 e. The molecule has 7 rings (SSSR count). The number of hydrogen-bond donors (Lipinski definition) is 0. The Bertz CT molecular complexity index is 2110. The van der Waals surface area contributed by atoms with Gasteiger partial charge in [-0.1, -0.05) is 55.4 Å². The summed E-state index contributed by atoms with van der Waals surface area (Å²) in [5.41, 5.74) is -3.40. The average molecular weight is 1040 g/mol. The molecule has 20 heteroatoms. The zero-order valence-corrected chi connectivity index (χ0v) is 33.9. The molecule has 1 heterocycles. The average Bonchev–Trinajstić information content (AvgIpc) is 3.83. The molecule has 0 atom stereocenters. The summed E-state index contributed by atoms with van der Waals surface area (Å²) < 4.78 is 163. The second-order valence-corrected chi connectivity index (χ2v) is 11.9. The summed E-state index contributed by atoms with van der Waals surface area (Å²) in [4.78, 5) is 10.2. The van der Waals surface area contributed by atoms with Gasteiger partial charge in [0.05, 0.1) is 0 Å². The molecule has 1 aliphatic heterocycles. The van der Waals surface area contributed by atoms with Gasteiger partial charge in [-0.2, -0.15) is 0 Å². The van der Waals surface area contributed by atoms with Crippen LogP contribution in [0.1, 0.15) is 12.8 Å². The van der Waals surface area contributed by atoms with Gasteiger partial charge in [0.15, 0.2) is 0 Å². The van der Waals surface area contributed by atoms with E-state index in [4.69, 9.17) is 4.74 Å². The molecule has 0 N–H and O–H groups in total. The van der Waals surface area contributed by atoms with E-state index in [-0.39, 0.29) is 38.2 Å². The first-order valence-corrected chi connectivity index (χ1v) is 17.7. The van der Waals surface area contributed by atoms with Gasteiger partial charge < -0.3 is 35.7 Å². The van der Waals surface area contributed by atoms with Crippen LogP contribution in [0, 0.1) is 108 Å². The van der Waals surface area contributed by atoms with Crippen molar-refractivity contribution in [1.82, 2.24) is 0 Å². The summed E-state index contributed by atoms with van der Waals surface area (Å²) in [6.45, 7) is 2.00. The van der Waals surface area contributed by atoms with Crippen molar-refractivity contribution in [2.45, 2.75) is 12.8 Å². The van der Waals surface area contributed by atoms with Gasteiger partial charge in [-0.05, 0) is 85.6 Å². The van der Waals surface area contributed by atoms with Gasteiger partial charge >= 0.3 is 38.2 Å². The van der Waals surface area contributed by atoms with Crippen LogP contribution in [0.2, 0.25) is 0 Å². The Balaban J connectivity index is 0.000000236. The predicted octanol–water partition coefficient (Wildman–Crippen LogP) is 14.6. The van der Waals surface area contributed by atoms with Crippen LogP contribution in [-0.2, 0) is 4.74 Å². The number of nitrogens with zero attached hydrogens (tertiary/aromatic N) is 6. The Morgan fingerprint density at radius 2 is 0.524 bits per heavy atom. The zero-order valence-electron chi connectivity index (χ0n) is 31.9. The van der Waals surface area contributed by atoms with Gasteiger partial charge in [0.25, 0.3) is 0 Å². The molecule has 63 heavy (non-hydrogen) atoms. The standard InChI is InChI=1S/3C13H7F4N2.C4H8O.Dy/c3*14-8-3-1-4-9(15)12(8)18-7-19-13-10(16)5-2-6-11(13)17;1-2-4-5-3-1;/h3*1-7H;1-4H2;/q3*-1;;+3. The van der Waals surface area contributed by atoms with Gasteiger partial charge in [-0.25, -0.2) is 52.7 Å². The van der Waals surface area contributed by atoms with Crippen LogP contribution >= 0.6 is 0 Å². The van der Waals surface area contributed by atoms with Crippen molar-refractivity contribution in [2.75, 3.05) is 13.2 Å². The second kappa shape index (κ2) is 26.6. The van der Waals surface area contributed by atoms with Gasteiger partial charge in [0.2, 0.25) is 0 Å². The molecule has 1 aliphatic rings. The van der Waals surface area contributed by atoms with Crippen LogP contribution in [0.25, 0.3) is 16.0 Å². The molecule has 0 aliphatic carbocycles. The Hall–Kier alpha value is -5.88. The molecule has 0 spiro atoms. The molecule has 1 radical (unpaired) electrons. The van der Waals surface area contributed by atoms with Crippen LogP contribution in [0.15, 0.2) is 124 Å². The molecule has 0 unspecified atom stereocenters. The maximum absolute atomic E-state index is 13.2. The molecule has 6 aromatic rings. The minimum absolute atomic E-state index is 0. The summed E-state index contributed by atoms with van der Waals surface area (Å²) >= 11 is 0. The van der Waals surface area contributed by atoms with Gasteiger partial charge in [0, 0.05) is 47.3 Å². The SMILES string of the molecule is C1CCOC1.Fc1cccc(F)c1N=C[N-]c1c(F)cccc1F.Fc1cccc(F)c1N=C[N-]c1c(F)cccc1F.Fc1cccc(F)c1N=C[N-]c1c(F)cccc1F.[Dy+3]. The topological polar surface area (TPSA) is 88.6 Å². The second-order valence-electron chi connectivity index (χ2n) is 11.9. The van der Waals surface area contributed by atoms with Crippen molar-refractivity contribution in [3.8, 4) is 0 Å². The molecule has 0 bridgehead atoms. The molecule has 7 nitrogen and oxygen atoms in total. The number of ether oxygens (including phenoxy) is 1. The first-order valence-electron chi connectivity index (χ1n) is 17.7. The largest absolute Gasteiger partial charge is 3.00 e. The predicted molar refractivity (Wildman–Crippen MR) is 212 cm³/mol. The number of para-hydroxylation sites is 6. The number of aliphatic imine (C=N–C) groups is 3.